The third kappa shape index (κ3) is 4.06. The third-order valence-corrected chi connectivity index (χ3v) is 3.23. The zero-order chi connectivity index (χ0) is 14.2. The van der Waals surface area contributed by atoms with Crippen LogP contribution < -0.4 is 10.6 Å². The number of anilines is 1. The van der Waals surface area contributed by atoms with Crippen LogP contribution >= 0.6 is 0 Å². The molecule has 20 heavy (non-hydrogen) atoms. The van der Waals surface area contributed by atoms with Crippen LogP contribution in [0, 0.1) is 5.82 Å². The van der Waals surface area contributed by atoms with Crippen molar-refractivity contribution in [3.63, 3.8) is 0 Å². The van der Waals surface area contributed by atoms with Crippen molar-refractivity contribution in [1.82, 2.24) is 9.55 Å². The molecule has 1 heterocycles. The first-order valence-electron chi connectivity index (χ1n) is 6.96. The van der Waals surface area contributed by atoms with Crippen molar-refractivity contribution in [3.8, 4) is 0 Å². The fourth-order valence-electron chi connectivity index (χ4n) is 2.21. The predicted octanol–water partition coefficient (Wildman–Crippen LogP) is 2.27. The number of halogens is 1. The number of para-hydroxylation sites is 1. The molecule has 0 amide bonds. The molecule has 0 unspecified atom stereocenters. The molecule has 0 fully saturated rings. The maximum atomic E-state index is 13.9. The molecule has 0 atom stereocenters. The van der Waals surface area contributed by atoms with Crippen LogP contribution in [0.2, 0.25) is 0 Å². The summed E-state index contributed by atoms with van der Waals surface area (Å²) in [6.07, 6.45) is 7.30. The lowest BCUT2D eigenvalue weighted by Crippen LogP contribution is -2.28. The number of aryl methyl sites for hydroxylation is 1. The molecule has 0 aliphatic carbocycles. The van der Waals surface area contributed by atoms with Gasteiger partial charge < -0.3 is 15.2 Å². The van der Waals surface area contributed by atoms with Crippen molar-refractivity contribution in [3.05, 3.63) is 48.8 Å². The van der Waals surface area contributed by atoms with Crippen LogP contribution in [0.3, 0.4) is 0 Å². The smallest absolute Gasteiger partial charge is 0.146 e. The normalized spacial score (nSPS) is 10.7. The average molecular weight is 276 g/mol. The number of nitrogens with two attached hydrogens (primary N) is 1. The second kappa shape index (κ2) is 7.65. The third-order valence-electron chi connectivity index (χ3n) is 3.23. The molecule has 0 aliphatic rings. The number of aromatic nitrogens is 2. The summed E-state index contributed by atoms with van der Waals surface area (Å²) in [5.74, 6) is -0.174. The van der Waals surface area contributed by atoms with E-state index in [0.29, 0.717) is 12.2 Å². The van der Waals surface area contributed by atoms with E-state index in [1.54, 1.807) is 18.6 Å². The van der Waals surface area contributed by atoms with Crippen molar-refractivity contribution >= 4 is 5.69 Å². The van der Waals surface area contributed by atoms with E-state index in [2.05, 4.69) is 9.88 Å². The highest BCUT2D eigenvalue weighted by atomic mass is 19.1. The van der Waals surface area contributed by atoms with E-state index in [4.69, 9.17) is 5.73 Å². The summed E-state index contributed by atoms with van der Waals surface area (Å²) in [5, 5.41) is 0. The Labute approximate surface area is 119 Å². The highest BCUT2D eigenvalue weighted by molar-refractivity contribution is 5.47. The van der Waals surface area contributed by atoms with E-state index in [1.807, 2.05) is 22.9 Å². The lowest BCUT2D eigenvalue weighted by Gasteiger charge is -2.25. The van der Waals surface area contributed by atoms with Gasteiger partial charge in [0.2, 0.25) is 0 Å². The molecule has 108 valence electrons. The summed E-state index contributed by atoms with van der Waals surface area (Å²) in [7, 11) is 0. The van der Waals surface area contributed by atoms with Gasteiger partial charge in [-0.15, -0.1) is 0 Å². The molecule has 0 saturated heterocycles. The second-order valence-electron chi connectivity index (χ2n) is 4.73. The average Bonchev–Trinajstić information content (AvgIpc) is 2.97. The van der Waals surface area contributed by atoms with Gasteiger partial charge in [0.25, 0.3) is 0 Å². The maximum Gasteiger partial charge on any atom is 0.146 e. The first kappa shape index (κ1) is 14.5. The van der Waals surface area contributed by atoms with Gasteiger partial charge in [0.1, 0.15) is 5.82 Å². The lowest BCUT2D eigenvalue weighted by atomic mass is 10.2. The Hall–Kier alpha value is -1.88. The Morgan fingerprint density at radius 1 is 1.20 bits per heavy atom. The first-order valence-corrected chi connectivity index (χ1v) is 6.96. The molecule has 2 N–H and O–H groups in total. The molecule has 4 nitrogen and oxygen atoms in total. The lowest BCUT2D eigenvalue weighted by molar-refractivity contribution is 0.588. The largest absolute Gasteiger partial charge is 0.369 e. The van der Waals surface area contributed by atoms with Gasteiger partial charge in [-0.3, -0.25) is 0 Å². The van der Waals surface area contributed by atoms with Gasteiger partial charge in [-0.05, 0) is 31.5 Å². The summed E-state index contributed by atoms with van der Waals surface area (Å²) >= 11 is 0. The van der Waals surface area contributed by atoms with Crippen LogP contribution in [-0.4, -0.2) is 29.2 Å². The van der Waals surface area contributed by atoms with Gasteiger partial charge in [0.05, 0.1) is 12.0 Å². The number of nitrogens with zero attached hydrogens (tertiary/aromatic N) is 3. The minimum absolute atomic E-state index is 0.174. The van der Waals surface area contributed by atoms with Crippen LogP contribution in [0.4, 0.5) is 10.1 Å². The topological polar surface area (TPSA) is 47.1 Å². The molecular weight excluding hydrogens is 255 g/mol. The molecule has 1 aromatic heterocycles. The van der Waals surface area contributed by atoms with E-state index in [-0.39, 0.29) is 5.82 Å². The minimum Gasteiger partial charge on any atom is -0.369 e. The van der Waals surface area contributed by atoms with Crippen LogP contribution in [0.5, 0.6) is 0 Å². The fourth-order valence-corrected chi connectivity index (χ4v) is 2.21. The number of rotatable bonds is 8. The summed E-state index contributed by atoms with van der Waals surface area (Å²) in [5.41, 5.74) is 6.22. The number of hydrogen-bond donors (Lipinski definition) is 1. The van der Waals surface area contributed by atoms with Crippen LogP contribution in [-0.2, 0) is 6.54 Å². The number of hydrogen-bond acceptors (Lipinski definition) is 3. The quantitative estimate of drug-likeness (QED) is 0.804. The van der Waals surface area contributed by atoms with Crippen LogP contribution in [0.15, 0.2) is 43.0 Å². The molecule has 0 spiro atoms. The van der Waals surface area contributed by atoms with E-state index in [0.717, 1.165) is 32.5 Å². The Morgan fingerprint density at radius 3 is 2.70 bits per heavy atom. The highest BCUT2D eigenvalue weighted by Crippen LogP contribution is 2.19. The van der Waals surface area contributed by atoms with E-state index in [1.165, 1.54) is 6.07 Å². The Bertz CT molecular complexity index is 498. The molecule has 0 bridgehead atoms. The Kier molecular flexibility index (Phi) is 5.55. The SMILES string of the molecule is NCCCN(CCCn1ccnc1)c1ccccc1F. The van der Waals surface area contributed by atoms with Crippen molar-refractivity contribution in [2.24, 2.45) is 5.73 Å². The van der Waals surface area contributed by atoms with Gasteiger partial charge >= 0.3 is 0 Å². The van der Waals surface area contributed by atoms with Gasteiger partial charge in [-0.2, -0.15) is 0 Å². The van der Waals surface area contributed by atoms with E-state index >= 15 is 0 Å². The molecule has 0 saturated carbocycles. The molecule has 0 aliphatic heterocycles. The standard InChI is InChI=1S/C15H21FN4/c16-14-5-1-2-6-15(14)20(10-3-7-17)11-4-9-19-12-8-18-13-19/h1-2,5-6,8,12-13H,3-4,7,9-11,17H2. The summed E-state index contributed by atoms with van der Waals surface area (Å²) in [6.45, 7) is 3.08. The minimum atomic E-state index is -0.174. The zero-order valence-corrected chi connectivity index (χ0v) is 11.6. The van der Waals surface area contributed by atoms with Crippen molar-refractivity contribution < 1.29 is 4.39 Å². The predicted molar refractivity (Wildman–Crippen MR) is 79.1 cm³/mol. The van der Waals surface area contributed by atoms with Crippen LogP contribution in [0.25, 0.3) is 0 Å². The highest BCUT2D eigenvalue weighted by Gasteiger charge is 2.10. The summed E-state index contributed by atoms with van der Waals surface area (Å²) < 4.78 is 15.9. The Balaban J connectivity index is 1.95. The van der Waals surface area contributed by atoms with Crippen molar-refractivity contribution in [1.29, 1.82) is 0 Å². The van der Waals surface area contributed by atoms with Gasteiger partial charge in [0.15, 0.2) is 0 Å². The number of imidazole rings is 1. The summed E-state index contributed by atoms with van der Waals surface area (Å²) in [6, 6.07) is 6.90. The van der Waals surface area contributed by atoms with Crippen LogP contribution in [0.1, 0.15) is 12.8 Å². The van der Waals surface area contributed by atoms with E-state index in [9.17, 15) is 4.39 Å². The summed E-state index contributed by atoms with van der Waals surface area (Å²) in [4.78, 5) is 6.08. The molecule has 1 aromatic carbocycles. The molecule has 0 radical (unpaired) electrons. The van der Waals surface area contributed by atoms with Gasteiger partial charge in [-0.25, -0.2) is 9.37 Å². The molecule has 2 rings (SSSR count). The monoisotopic (exact) mass is 276 g/mol. The Morgan fingerprint density at radius 2 is 2.00 bits per heavy atom. The van der Waals surface area contributed by atoms with E-state index < -0.39 is 0 Å². The molecular formula is C15H21FN4. The van der Waals surface area contributed by atoms with Gasteiger partial charge in [-0.1, -0.05) is 12.1 Å². The second-order valence-corrected chi connectivity index (χ2v) is 4.73. The molecule has 2 aromatic rings. The molecule has 5 heteroatoms. The zero-order valence-electron chi connectivity index (χ0n) is 11.6. The van der Waals surface area contributed by atoms with Crippen molar-refractivity contribution in [2.75, 3.05) is 24.5 Å². The van der Waals surface area contributed by atoms with Crippen molar-refractivity contribution in [2.45, 2.75) is 19.4 Å². The number of benzene rings is 1. The van der Waals surface area contributed by atoms with Gasteiger partial charge in [0, 0.05) is 32.0 Å². The first-order chi connectivity index (χ1) is 9.81. The fraction of sp³-hybridized carbons (Fsp3) is 0.400. The maximum absolute atomic E-state index is 13.9.